The van der Waals surface area contributed by atoms with Crippen molar-refractivity contribution in [2.45, 2.75) is 45.6 Å². The number of hydrogen-bond donors (Lipinski definition) is 1. The Bertz CT molecular complexity index is 505. The molecule has 1 aliphatic rings. The van der Waals surface area contributed by atoms with Crippen LogP contribution in [0, 0.1) is 5.92 Å². The van der Waals surface area contributed by atoms with Gasteiger partial charge in [-0.25, -0.2) is 0 Å². The lowest BCUT2D eigenvalue weighted by Crippen LogP contribution is -2.39. The van der Waals surface area contributed by atoms with Gasteiger partial charge in [0.2, 0.25) is 0 Å². The Kier molecular flexibility index (Phi) is 5.37. The predicted molar refractivity (Wildman–Crippen MR) is 81.5 cm³/mol. The van der Waals surface area contributed by atoms with Gasteiger partial charge >= 0.3 is 0 Å². The SMILES string of the molecule is CC(=O)c1ccccc1OCC(=O)NC1CCC(C)CC1. The predicted octanol–water partition coefficient (Wildman–Crippen LogP) is 2.96. The Morgan fingerprint density at radius 2 is 1.86 bits per heavy atom. The number of ketones is 1. The van der Waals surface area contributed by atoms with Crippen LogP contribution in [-0.2, 0) is 4.79 Å². The van der Waals surface area contributed by atoms with E-state index >= 15 is 0 Å². The minimum absolute atomic E-state index is 0.0453. The number of rotatable bonds is 5. The van der Waals surface area contributed by atoms with Gasteiger partial charge < -0.3 is 10.1 Å². The standard InChI is InChI=1S/C17H23NO3/c1-12-7-9-14(10-8-12)18-17(20)11-21-16-6-4-3-5-15(16)13(2)19/h3-6,12,14H,7-11H2,1-2H3,(H,18,20). The summed E-state index contributed by atoms with van der Waals surface area (Å²) in [7, 11) is 0. The van der Waals surface area contributed by atoms with Crippen molar-refractivity contribution in [1.82, 2.24) is 5.32 Å². The first kappa shape index (κ1) is 15.5. The third-order valence-corrected chi connectivity index (χ3v) is 4.01. The summed E-state index contributed by atoms with van der Waals surface area (Å²) in [5.74, 6) is 1.05. The second kappa shape index (κ2) is 7.25. The van der Waals surface area contributed by atoms with Gasteiger partial charge in [0, 0.05) is 6.04 Å². The fourth-order valence-electron chi connectivity index (χ4n) is 2.70. The summed E-state index contributed by atoms with van der Waals surface area (Å²) in [4.78, 5) is 23.4. The molecule has 1 aromatic carbocycles. The summed E-state index contributed by atoms with van der Waals surface area (Å²) in [6.45, 7) is 3.70. The van der Waals surface area contributed by atoms with Gasteiger partial charge in [0.05, 0.1) is 5.56 Å². The summed E-state index contributed by atoms with van der Waals surface area (Å²) in [6, 6.07) is 7.26. The fraction of sp³-hybridized carbons (Fsp3) is 0.529. The van der Waals surface area contributed by atoms with Gasteiger partial charge in [0.1, 0.15) is 5.75 Å². The second-order valence-corrected chi connectivity index (χ2v) is 5.87. The van der Waals surface area contributed by atoms with Crippen LogP contribution in [0.3, 0.4) is 0 Å². The van der Waals surface area contributed by atoms with Crippen molar-refractivity contribution in [3.8, 4) is 5.75 Å². The fourth-order valence-corrected chi connectivity index (χ4v) is 2.70. The van der Waals surface area contributed by atoms with Gasteiger partial charge in [-0.2, -0.15) is 0 Å². The summed E-state index contributed by atoms with van der Waals surface area (Å²) in [6.07, 6.45) is 4.41. The van der Waals surface area contributed by atoms with Crippen LogP contribution in [0.15, 0.2) is 24.3 Å². The van der Waals surface area contributed by atoms with Crippen molar-refractivity contribution in [1.29, 1.82) is 0 Å². The molecule has 1 aromatic rings. The zero-order valence-electron chi connectivity index (χ0n) is 12.7. The largest absolute Gasteiger partial charge is 0.483 e. The van der Waals surface area contributed by atoms with Crippen LogP contribution in [0.5, 0.6) is 5.75 Å². The molecule has 4 nitrogen and oxygen atoms in total. The Balaban J connectivity index is 1.83. The molecular weight excluding hydrogens is 266 g/mol. The van der Waals surface area contributed by atoms with Crippen molar-refractivity contribution in [2.24, 2.45) is 5.92 Å². The molecule has 0 aromatic heterocycles. The molecule has 0 saturated heterocycles. The van der Waals surface area contributed by atoms with E-state index in [0.29, 0.717) is 11.3 Å². The molecule has 0 spiro atoms. The number of nitrogens with one attached hydrogen (secondary N) is 1. The van der Waals surface area contributed by atoms with Gasteiger partial charge in [-0.1, -0.05) is 19.1 Å². The van der Waals surface area contributed by atoms with Crippen LogP contribution in [0.25, 0.3) is 0 Å². The Labute approximate surface area is 125 Å². The van der Waals surface area contributed by atoms with E-state index in [0.717, 1.165) is 18.8 Å². The van der Waals surface area contributed by atoms with Crippen LogP contribution in [0.1, 0.15) is 49.9 Å². The highest BCUT2D eigenvalue weighted by Crippen LogP contribution is 2.23. The van der Waals surface area contributed by atoms with Crippen LogP contribution in [0.4, 0.5) is 0 Å². The highest BCUT2D eigenvalue weighted by Gasteiger charge is 2.20. The smallest absolute Gasteiger partial charge is 0.258 e. The van der Waals surface area contributed by atoms with E-state index in [1.807, 2.05) is 0 Å². The molecule has 1 saturated carbocycles. The highest BCUT2D eigenvalue weighted by atomic mass is 16.5. The lowest BCUT2D eigenvalue weighted by molar-refractivity contribution is -0.124. The number of para-hydroxylation sites is 1. The van der Waals surface area contributed by atoms with Crippen molar-refractivity contribution in [3.05, 3.63) is 29.8 Å². The summed E-state index contributed by atoms with van der Waals surface area (Å²) in [5.41, 5.74) is 0.511. The first-order valence-corrected chi connectivity index (χ1v) is 7.58. The molecule has 0 unspecified atom stereocenters. The molecule has 2 rings (SSSR count). The molecule has 1 aliphatic carbocycles. The molecule has 21 heavy (non-hydrogen) atoms. The zero-order chi connectivity index (χ0) is 15.2. The first-order valence-electron chi connectivity index (χ1n) is 7.58. The van der Waals surface area contributed by atoms with Gasteiger partial charge in [-0.15, -0.1) is 0 Å². The summed E-state index contributed by atoms with van der Waals surface area (Å²) < 4.78 is 5.49. The molecule has 0 bridgehead atoms. The molecular formula is C17H23NO3. The van der Waals surface area contributed by atoms with Crippen LogP contribution in [0.2, 0.25) is 0 Å². The Morgan fingerprint density at radius 1 is 1.19 bits per heavy atom. The monoisotopic (exact) mass is 289 g/mol. The van der Waals surface area contributed by atoms with E-state index in [2.05, 4.69) is 12.2 Å². The quantitative estimate of drug-likeness (QED) is 0.848. The van der Waals surface area contributed by atoms with Crippen LogP contribution >= 0.6 is 0 Å². The van der Waals surface area contributed by atoms with Crippen molar-refractivity contribution in [3.63, 3.8) is 0 Å². The maximum absolute atomic E-state index is 11.9. The van der Waals surface area contributed by atoms with E-state index < -0.39 is 0 Å². The van der Waals surface area contributed by atoms with E-state index in [9.17, 15) is 9.59 Å². The third-order valence-electron chi connectivity index (χ3n) is 4.01. The number of carbonyl (C=O) groups excluding carboxylic acids is 2. The summed E-state index contributed by atoms with van der Waals surface area (Å²) >= 11 is 0. The molecule has 0 aliphatic heterocycles. The van der Waals surface area contributed by atoms with Crippen molar-refractivity contribution in [2.75, 3.05) is 6.61 Å². The molecule has 1 fully saturated rings. The Hall–Kier alpha value is -1.84. The lowest BCUT2D eigenvalue weighted by Gasteiger charge is -2.26. The van der Waals surface area contributed by atoms with Crippen molar-refractivity contribution < 1.29 is 14.3 Å². The average molecular weight is 289 g/mol. The summed E-state index contributed by atoms with van der Waals surface area (Å²) in [5, 5.41) is 3.01. The number of hydrogen-bond acceptors (Lipinski definition) is 3. The number of carbonyl (C=O) groups is 2. The van der Waals surface area contributed by atoms with E-state index in [1.165, 1.54) is 19.8 Å². The molecule has 1 N–H and O–H groups in total. The Morgan fingerprint density at radius 3 is 2.52 bits per heavy atom. The first-order chi connectivity index (χ1) is 10.1. The average Bonchev–Trinajstić information content (AvgIpc) is 2.48. The van der Waals surface area contributed by atoms with E-state index in [-0.39, 0.29) is 24.3 Å². The zero-order valence-corrected chi connectivity index (χ0v) is 12.7. The number of Topliss-reactive ketones (excluding diaryl/α,β-unsaturated/α-hetero) is 1. The molecule has 0 atom stereocenters. The van der Waals surface area contributed by atoms with Gasteiger partial charge in [0.15, 0.2) is 12.4 Å². The van der Waals surface area contributed by atoms with Crippen LogP contribution < -0.4 is 10.1 Å². The van der Waals surface area contributed by atoms with Gasteiger partial charge in [0.25, 0.3) is 5.91 Å². The highest BCUT2D eigenvalue weighted by molar-refractivity contribution is 5.96. The van der Waals surface area contributed by atoms with Crippen molar-refractivity contribution >= 4 is 11.7 Å². The molecule has 114 valence electrons. The second-order valence-electron chi connectivity index (χ2n) is 5.87. The van der Waals surface area contributed by atoms with Crippen LogP contribution in [-0.4, -0.2) is 24.3 Å². The molecule has 4 heteroatoms. The van der Waals surface area contributed by atoms with Gasteiger partial charge in [-0.05, 0) is 50.7 Å². The maximum Gasteiger partial charge on any atom is 0.258 e. The molecule has 1 amide bonds. The molecule has 0 heterocycles. The maximum atomic E-state index is 11.9. The van der Waals surface area contributed by atoms with E-state index in [4.69, 9.17) is 4.74 Å². The lowest BCUT2D eigenvalue weighted by atomic mass is 9.87. The number of ether oxygens (including phenoxy) is 1. The minimum atomic E-state index is -0.118. The number of amides is 1. The minimum Gasteiger partial charge on any atom is -0.483 e. The molecule has 0 radical (unpaired) electrons. The van der Waals surface area contributed by atoms with Gasteiger partial charge in [-0.3, -0.25) is 9.59 Å². The number of benzene rings is 1. The topological polar surface area (TPSA) is 55.4 Å². The normalized spacial score (nSPS) is 21.6. The third kappa shape index (κ3) is 4.59. The van der Waals surface area contributed by atoms with E-state index in [1.54, 1.807) is 24.3 Å².